The van der Waals surface area contributed by atoms with Crippen molar-refractivity contribution in [3.63, 3.8) is 0 Å². The van der Waals surface area contributed by atoms with Gasteiger partial charge in [-0.3, -0.25) is 14.4 Å². The van der Waals surface area contributed by atoms with Gasteiger partial charge in [0.2, 0.25) is 5.76 Å². The van der Waals surface area contributed by atoms with E-state index in [-0.39, 0.29) is 17.6 Å². The number of piperidine rings is 1. The van der Waals surface area contributed by atoms with Crippen LogP contribution in [0.25, 0.3) is 0 Å². The van der Waals surface area contributed by atoms with E-state index in [1.165, 1.54) is 11.3 Å². The summed E-state index contributed by atoms with van der Waals surface area (Å²) in [5.74, 6) is 0.292. The van der Waals surface area contributed by atoms with Gasteiger partial charge in [-0.25, -0.2) is 0 Å². The van der Waals surface area contributed by atoms with E-state index in [0.717, 1.165) is 38.2 Å². The SMILES string of the molecule is COCCNC(=O)c1cc([C@@H]2CCCN(Cc3cnn(C)c3C)C2)no1. The molecular weight excluding hydrogens is 334 g/mol. The molecule has 1 fully saturated rings. The first-order chi connectivity index (χ1) is 12.6. The van der Waals surface area contributed by atoms with E-state index in [1.54, 1.807) is 13.2 Å². The molecule has 26 heavy (non-hydrogen) atoms. The molecule has 1 aliphatic heterocycles. The molecule has 142 valence electrons. The lowest BCUT2D eigenvalue weighted by molar-refractivity contribution is 0.0900. The number of carbonyl (C=O) groups excluding carboxylic acids is 1. The number of ether oxygens (including phenoxy) is 1. The Morgan fingerprint density at radius 3 is 3.08 bits per heavy atom. The minimum atomic E-state index is -0.251. The molecule has 1 N–H and O–H groups in total. The lowest BCUT2D eigenvalue weighted by Crippen LogP contribution is -2.34. The van der Waals surface area contributed by atoms with Crippen molar-refractivity contribution in [2.75, 3.05) is 33.4 Å². The molecule has 1 amide bonds. The highest BCUT2D eigenvalue weighted by atomic mass is 16.5. The summed E-state index contributed by atoms with van der Waals surface area (Å²) in [5, 5.41) is 11.2. The minimum Gasteiger partial charge on any atom is -0.383 e. The molecule has 1 aliphatic rings. The number of amides is 1. The molecule has 0 bridgehead atoms. The molecule has 2 aromatic heterocycles. The van der Waals surface area contributed by atoms with Gasteiger partial charge in [0.1, 0.15) is 0 Å². The molecule has 0 aromatic carbocycles. The molecule has 0 unspecified atom stereocenters. The molecule has 0 radical (unpaired) electrons. The Labute approximate surface area is 153 Å². The van der Waals surface area contributed by atoms with Crippen molar-refractivity contribution in [3.8, 4) is 0 Å². The number of hydrogen-bond acceptors (Lipinski definition) is 6. The number of hydrogen-bond donors (Lipinski definition) is 1. The van der Waals surface area contributed by atoms with Crippen LogP contribution in [0.15, 0.2) is 16.8 Å². The monoisotopic (exact) mass is 361 g/mol. The Morgan fingerprint density at radius 2 is 2.35 bits per heavy atom. The quantitative estimate of drug-likeness (QED) is 0.752. The van der Waals surface area contributed by atoms with Crippen molar-refractivity contribution in [2.24, 2.45) is 7.05 Å². The van der Waals surface area contributed by atoms with Gasteiger partial charge in [0.05, 0.1) is 18.5 Å². The second kappa shape index (κ2) is 8.46. The fraction of sp³-hybridized carbons (Fsp3) is 0.611. The number of likely N-dealkylation sites (tertiary alicyclic amines) is 1. The van der Waals surface area contributed by atoms with Crippen molar-refractivity contribution < 1.29 is 14.1 Å². The average Bonchev–Trinajstić information content (AvgIpc) is 3.25. The van der Waals surface area contributed by atoms with Crippen molar-refractivity contribution >= 4 is 5.91 Å². The predicted molar refractivity (Wildman–Crippen MR) is 95.9 cm³/mol. The fourth-order valence-corrected chi connectivity index (χ4v) is 3.32. The lowest BCUT2D eigenvalue weighted by Gasteiger charge is -2.31. The molecular formula is C18H27N5O3. The number of nitrogens with zero attached hydrogens (tertiary/aromatic N) is 4. The molecule has 0 saturated carbocycles. The highest BCUT2D eigenvalue weighted by molar-refractivity contribution is 5.91. The molecule has 8 heteroatoms. The minimum absolute atomic E-state index is 0.251. The first-order valence-corrected chi connectivity index (χ1v) is 9.02. The molecule has 8 nitrogen and oxygen atoms in total. The van der Waals surface area contributed by atoms with Crippen LogP contribution in [0.5, 0.6) is 0 Å². The third kappa shape index (κ3) is 4.31. The van der Waals surface area contributed by atoms with Crippen LogP contribution in [0.1, 0.15) is 46.3 Å². The molecule has 0 spiro atoms. The van der Waals surface area contributed by atoms with Crippen LogP contribution >= 0.6 is 0 Å². The summed E-state index contributed by atoms with van der Waals surface area (Å²) in [7, 11) is 3.56. The van der Waals surface area contributed by atoms with E-state index < -0.39 is 0 Å². The second-order valence-corrected chi connectivity index (χ2v) is 6.82. The second-order valence-electron chi connectivity index (χ2n) is 6.82. The van der Waals surface area contributed by atoms with Gasteiger partial charge in [0.25, 0.3) is 5.91 Å². The lowest BCUT2D eigenvalue weighted by atomic mass is 9.94. The molecule has 0 aliphatic carbocycles. The number of aromatic nitrogens is 3. The summed E-state index contributed by atoms with van der Waals surface area (Å²) in [6.07, 6.45) is 4.10. The Balaban J connectivity index is 1.59. The Hall–Kier alpha value is -2.19. The van der Waals surface area contributed by atoms with Gasteiger partial charge in [-0.2, -0.15) is 5.10 Å². The summed E-state index contributed by atoms with van der Waals surface area (Å²) in [6, 6.07) is 1.77. The van der Waals surface area contributed by atoms with E-state index in [4.69, 9.17) is 9.26 Å². The van der Waals surface area contributed by atoms with Crippen molar-refractivity contribution in [1.29, 1.82) is 0 Å². The first-order valence-electron chi connectivity index (χ1n) is 9.02. The third-order valence-corrected chi connectivity index (χ3v) is 5.00. The number of methoxy groups -OCH3 is 1. The number of aryl methyl sites for hydroxylation is 1. The number of rotatable bonds is 7. The highest BCUT2D eigenvalue weighted by Crippen LogP contribution is 2.27. The van der Waals surface area contributed by atoms with Crippen LogP contribution < -0.4 is 5.32 Å². The predicted octanol–water partition coefficient (Wildman–Crippen LogP) is 1.47. The van der Waals surface area contributed by atoms with Gasteiger partial charge in [0, 0.05) is 57.0 Å². The summed E-state index contributed by atoms with van der Waals surface area (Å²) in [5.41, 5.74) is 3.31. The van der Waals surface area contributed by atoms with Crippen molar-refractivity contribution in [2.45, 2.75) is 32.2 Å². The van der Waals surface area contributed by atoms with E-state index in [0.29, 0.717) is 13.2 Å². The standard InChI is InChI=1S/C18H27N5O3/c1-13-15(10-20-22(13)2)12-23-7-4-5-14(11-23)16-9-17(26-21-16)18(24)19-6-8-25-3/h9-10,14H,4-8,11-12H2,1-3H3,(H,19,24)/t14-/m1/s1. The highest BCUT2D eigenvalue weighted by Gasteiger charge is 2.26. The topological polar surface area (TPSA) is 85.4 Å². The van der Waals surface area contributed by atoms with Crippen LogP contribution in [-0.2, 0) is 18.3 Å². The molecule has 1 saturated heterocycles. The van der Waals surface area contributed by atoms with Crippen molar-refractivity contribution in [3.05, 3.63) is 35.0 Å². The summed E-state index contributed by atoms with van der Waals surface area (Å²) < 4.78 is 12.1. The van der Waals surface area contributed by atoms with Crippen LogP contribution in [0.2, 0.25) is 0 Å². The number of carbonyl (C=O) groups is 1. The van der Waals surface area contributed by atoms with Crippen LogP contribution in [-0.4, -0.2) is 59.1 Å². The zero-order chi connectivity index (χ0) is 18.5. The van der Waals surface area contributed by atoms with E-state index in [2.05, 4.69) is 27.4 Å². The Bertz CT molecular complexity index is 739. The smallest absolute Gasteiger partial charge is 0.289 e. The van der Waals surface area contributed by atoms with Crippen molar-refractivity contribution in [1.82, 2.24) is 25.2 Å². The Kier molecular flexibility index (Phi) is 6.05. The van der Waals surface area contributed by atoms with Gasteiger partial charge in [-0.05, 0) is 26.3 Å². The fourth-order valence-electron chi connectivity index (χ4n) is 3.32. The number of nitrogens with one attached hydrogen (secondary N) is 1. The van der Waals surface area contributed by atoms with Gasteiger partial charge >= 0.3 is 0 Å². The zero-order valence-corrected chi connectivity index (χ0v) is 15.7. The van der Waals surface area contributed by atoms with E-state index >= 15 is 0 Å². The van der Waals surface area contributed by atoms with Crippen LogP contribution in [0, 0.1) is 6.92 Å². The Morgan fingerprint density at radius 1 is 1.50 bits per heavy atom. The summed E-state index contributed by atoms with van der Waals surface area (Å²) >= 11 is 0. The molecule has 1 atom stereocenters. The largest absolute Gasteiger partial charge is 0.383 e. The van der Waals surface area contributed by atoms with Crippen LogP contribution in [0.3, 0.4) is 0 Å². The van der Waals surface area contributed by atoms with E-state index in [1.807, 2.05) is 17.9 Å². The van der Waals surface area contributed by atoms with Gasteiger partial charge in [-0.1, -0.05) is 5.16 Å². The third-order valence-electron chi connectivity index (χ3n) is 5.00. The maximum Gasteiger partial charge on any atom is 0.289 e. The molecule has 3 heterocycles. The van der Waals surface area contributed by atoms with Gasteiger partial charge < -0.3 is 14.6 Å². The summed E-state index contributed by atoms with van der Waals surface area (Å²) in [4.78, 5) is 14.5. The average molecular weight is 361 g/mol. The zero-order valence-electron chi connectivity index (χ0n) is 15.7. The van der Waals surface area contributed by atoms with Gasteiger partial charge in [-0.15, -0.1) is 0 Å². The first kappa shape index (κ1) is 18.6. The molecule has 3 rings (SSSR count). The molecule has 2 aromatic rings. The summed E-state index contributed by atoms with van der Waals surface area (Å²) in [6.45, 7) is 5.87. The maximum atomic E-state index is 12.0. The van der Waals surface area contributed by atoms with Crippen LogP contribution in [0.4, 0.5) is 0 Å². The van der Waals surface area contributed by atoms with Gasteiger partial charge in [0.15, 0.2) is 0 Å². The maximum absolute atomic E-state index is 12.0. The van der Waals surface area contributed by atoms with E-state index in [9.17, 15) is 4.79 Å². The normalized spacial score (nSPS) is 18.2.